The Morgan fingerprint density at radius 1 is 0.976 bits per heavy atom. The maximum absolute atomic E-state index is 11.2. The number of benzene rings is 2. The molecule has 42 heavy (non-hydrogen) atoms. The predicted octanol–water partition coefficient (Wildman–Crippen LogP) is 3.81. The van der Waals surface area contributed by atoms with E-state index in [-0.39, 0.29) is 0 Å². The summed E-state index contributed by atoms with van der Waals surface area (Å²) in [7, 11) is -3.20. The largest absolute Gasteiger partial charge is 0.460 e. The summed E-state index contributed by atoms with van der Waals surface area (Å²) in [5, 5.41) is 15.3. The van der Waals surface area contributed by atoms with Crippen molar-refractivity contribution in [2.75, 3.05) is 24.7 Å². The van der Waals surface area contributed by atoms with Crippen molar-refractivity contribution in [1.29, 1.82) is 0 Å². The van der Waals surface area contributed by atoms with Gasteiger partial charge < -0.3 is 19.8 Å². The van der Waals surface area contributed by atoms with E-state index < -0.39 is 10.0 Å². The minimum Gasteiger partial charge on any atom is -0.460 e. The molecule has 0 atom stereocenters. The molecule has 13 nitrogen and oxygen atoms in total. The third kappa shape index (κ3) is 6.35. The Morgan fingerprint density at radius 3 is 2.74 bits per heavy atom. The Balaban J connectivity index is 1.16. The Morgan fingerprint density at radius 2 is 1.88 bits per heavy atom. The van der Waals surface area contributed by atoms with Crippen molar-refractivity contribution in [1.82, 2.24) is 39.6 Å². The SMILES string of the molecule is Cc1cc(Nc2ncnc3ccc(-c4ccc(CNCCNS(C)(=O)=O)o4)cc23)ccc1Oc1cc2nncn2cn1. The van der Waals surface area contributed by atoms with Crippen LogP contribution in [0.5, 0.6) is 11.6 Å². The van der Waals surface area contributed by atoms with Crippen LogP contribution in [-0.2, 0) is 16.6 Å². The second kappa shape index (κ2) is 11.5. The first-order valence-corrected chi connectivity index (χ1v) is 14.9. The quantitative estimate of drug-likeness (QED) is 0.190. The molecular formula is C28H27N9O4S. The van der Waals surface area contributed by atoms with E-state index in [1.807, 2.05) is 55.5 Å². The molecule has 0 spiro atoms. The van der Waals surface area contributed by atoms with Crippen molar-refractivity contribution in [2.45, 2.75) is 13.5 Å². The van der Waals surface area contributed by atoms with Crippen molar-refractivity contribution in [3.05, 3.63) is 84.9 Å². The number of aryl methyl sites for hydroxylation is 1. The molecule has 0 unspecified atom stereocenters. The second-order valence-corrected chi connectivity index (χ2v) is 11.4. The van der Waals surface area contributed by atoms with E-state index in [9.17, 15) is 8.42 Å². The predicted molar refractivity (Wildman–Crippen MR) is 157 cm³/mol. The number of nitrogens with zero attached hydrogens (tertiary/aromatic N) is 6. The molecule has 6 rings (SSSR count). The number of nitrogens with one attached hydrogen (secondary N) is 3. The van der Waals surface area contributed by atoms with Gasteiger partial charge in [-0.1, -0.05) is 0 Å². The highest BCUT2D eigenvalue weighted by molar-refractivity contribution is 7.88. The maximum atomic E-state index is 11.2. The number of fused-ring (bicyclic) bond motifs is 2. The number of furan rings is 1. The van der Waals surface area contributed by atoms with E-state index in [1.54, 1.807) is 23.1 Å². The molecule has 6 aromatic rings. The molecule has 0 fully saturated rings. The van der Waals surface area contributed by atoms with Gasteiger partial charge >= 0.3 is 0 Å². The first-order valence-electron chi connectivity index (χ1n) is 13.0. The molecule has 0 amide bonds. The van der Waals surface area contributed by atoms with Gasteiger partial charge in [-0.15, -0.1) is 10.2 Å². The highest BCUT2D eigenvalue weighted by Crippen LogP contribution is 2.32. The summed E-state index contributed by atoms with van der Waals surface area (Å²) in [4.78, 5) is 13.2. The van der Waals surface area contributed by atoms with Gasteiger partial charge in [0.1, 0.15) is 42.1 Å². The van der Waals surface area contributed by atoms with Crippen LogP contribution >= 0.6 is 0 Å². The molecule has 0 saturated heterocycles. The molecular weight excluding hydrogens is 558 g/mol. The zero-order chi connectivity index (χ0) is 29.1. The molecule has 0 aliphatic heterocycles. The van der Waals surface area contributed by atoms with E-state index in [1.165, 1.54) is 6.33 Å². The Labute approximate surface area is 241 Å². The zero-order valence-corrected chi connectivity index (χ0v) is 23.6. The van der Waals surface area contributed by atoms with Gasteiger partial charge in [0.25, 0.3) is 0 Å². The van der Waals surface area contributed by atoms with Gasteiger partial charge in [0.15, 0.2) is 5.65 Å². The zero-order valence-electron chi connectivity index (χ0n) is 22.8. The van der Waals surface area contributed by atoms with Crippen LogP contribution in [0.25, 0.3) is 27.9 Å². The van der Waals surface area contributed by atoms with Gasteiger partial charge in [-0.25, -0.2) is 28.1 Å². The topological polar surface area (TPSA) is 161 Å². The van der Waals surface area contributed by atoms with Gasteiger partial charge in [-0.2, -0.15) is 0 Å². The lowest BCUT2D eigenvalue weighted by molar-refractivity contribution is 0.458. The lowest BCUT2D eigenvalue weighted by Gasteiger charge is -2.12. The lowest BCUT2D eigenvalue weighted by Crippen LogP contribution is -2.30. The van der Waals surface area contributed by atoms with Crippen LogP contribution in [0.3, 0.4) is 0 Å². The van der Waals surface area contributed by atoms with Crippen molar-refractivity contribution >= 4 is 38.1 Å². The average Bonchev–Trinajstić information content (AvgIpc) is 3.63. The van der Waals surface area contributed by atoms with E-state index >= 15 is 0 Å². The Bertz CT molecular complexity index is 1990. The van der Waals surface area contributed by atoms with Crippen molar-refractivity contribution in [2.24, 2.45) is 0 Å². The molecule has 0 bridgehead atoms. The fourth-order valence-corrected chi connectivity index (χ4v) is 4.80. The number of sulfonamides is 1. The molecule has 0 saturated carbocycles. The molecule has 4 heterocycles. The van der Waals surface area contributed by atoms with Crippen LogP contribution in [0, 0.1) is 6.92 Å². The number of aromatic nitrogens is 6. The summed E-state index contributed by atoms with van der Waals surface area (Å²) < 4.78 is 38.5. The first kappa shape index (κ1) is 27.3. The van der Waals surface area contributed by atoms with Crippen LogP contribution in [0.15, 0.2) is 78.0 Å². The smallest absolute Gasteiger partial charge is 0.224 e. The summed E-state index contributed by atoms with van der Waals surface area (Å²) >= 11 is 0. The van der Waals surface area contributed by atoms with Crippen LogP contribution in [-0.4, -0.2) is 57.3 Å². The third-order valence-electron chi connectivity index (χ3n) is 6.36. The summed E-state index contributed by atoms with van der Waals surface area (Å²) in [5.74, 6) is 3.19. The van der Waals surface area contributed by atoms with Gasteiger partial charge in [-0.05, 0) is 61.0 Å². The van der Waals surface area contributed by atoms with Crippen LogP contribution in [0.4, 0.5) is 11.5 Å². The fourth-order valence-electron chi connectivity index (χ4n) is 4.33. The van der Waals surface area contributed by atoms with Crippen LogP contribution in [0.2, 0.25) is 0 Å². The van der Waals surface area contributed by atoms with Gasteiger partial charge in [0.2, 0.25) is 15.9 Å². The second-order valence-electron chi connectivity index (χ2n) is 9.59. The highest BCUT2D eigenvalue weighted by atomic mass is 32.2. The van der Waals surface area contributed by atoms with E-state index in [4.69, 9.17) is 9.15 Å². The summed E-state index contributed by atoms with van der Waals surface area (Å²) in [6, 6.07) is 17.1. The first-order chi connectivity index (χ1) is 20.3. The normalized spacial score (nSPS) is 11.8. The van der Waals surface area contributed by atoms with Crippen molar-refractivity contribution in [3.63, 3.8) is 0 Å². The van der Waals surface area contributed by atoms with Crippen molar-refractivity contribution in [3.8, 4) is 23.0 Å². The van der Waals surface area contributed by atoms with Crippen molar-refractivity contribution < 1.29 is 17.6 Å². The molecule has 3 N–H and O–H groups in total. The summed E-state index contributed by atoms with van der Waals surface area (Å²) in [6.07, 6.45) is 5.84. The number of hydrogen-bond acceptors (Lipinski definition) is 11. The standard InChI is InChI=1S/C28H27N9O4S/c1-18-11-20(4-7-24(18)41-27-13-26-36-33-17-37(26)16-32-27)35-28-22-12-19(3-6-23(22)30-15-31-28)25-8-5-21(40-25)14-29-9-10-34-42(2,38)39/h3-8,11-13,15-17,29,34H,9-10,14H2,1-2H3,(H,30,31,35). The number of hydrogen-bond donors (Lipinski definition) is 3. The van der Waals surface area contributed by atoms with Crippen LogP contribution in [0.1, 0.15) is 11.3 Å². The molecule has 0 radical (unpaired) electrons. The summed E-state index contributed by atoms with van der Waals surface area (Å²) in [6.45, 7) is 3.21. The Kier molecular flexibility index (Phi) is 7.48. The molecule has 2 aromatic carbocycles. The third-order valence-corrected chi connectivity index (χ3v) is 7.09. The molecule has 0 aliphatic rings. The lowest BCUT2D eigenvalue weighted by atomic mass is 10.1. The molecule has 0 aliphatic carbocycles. The molecule has 14 heteroatoms. The average molecular weight is 586 g/mol. The summed E-state index contributed by atoms with van der Waals surface area (Å²) in [5.41, 5.74) is 4.05. The minimum atomic E-state index is -3.20. The van der Waals surface area contributed by atoms with Gasteiger partial charge in [0.05, 0.1) is 18.3 Å². The van der Waals surface area contributed by atoms with E-state index in [2.05, 4.69) is 40.5 Å². The number of ether oxygens (including phenoxy) is 1. The highest BCUT2D eigenvalue weighted by Gasteiger charge is 2.11. The number of rotatable bonds is 11. The van der Waals surface area contributed by atoms with Gasteiger partial charge in [0, 0.05) is 35.8 Å². The minimum absolute atomic E-state index is 0.305. The monoisotopic (exact) mass is 585 g/mol. The van der Waals surface area contributed by atoms with Gasteiger partial charge in [-0.3, -0.25) is 4.40 Å². The van der Waals surface area contributed by atoms with Crippen LogP contribution < -0.4 is 20.1 Å². The maximum Gasteiger partial charge on any atom is 0.224 e. The fraction of sp³-hybridized carbons (Fsp3) is 0.179. The van der Waals surface area contributed by atoms with E-state index in [0.29, 0.717) is 48.5 Å². The Hall–Kier alpha value is -4.92. The molecule has 214 valence electrons. The van der Waals surface area contributed by atoms with E-state index in [0.717, 1.165) is 39.7 Å². The molecule has 4 aromatic heterocycles. The number of anilines is 2.